The second-order valence-electron chi connectivity index (χ2n) is 2.09. The van der Waals surface area contributed by atoms with Crippen molar-refractivity contribution in [2.75, 3.05) is 33.9 Å². The maximum atomic E-state index is 10.5. The number of hydrogen-bond donors (Lipinski definition) is 1. The van der Waals surface area contributed by atoms with E-state index in [1.165, 1.54) is 7.11 Å². The highest BCUT2D eigenvalue weighted by Gasteiger charge is 1.97. The van der Waals surface area contributed by atoms with Crippen LogP contribution in [0.25, 0.3) is 0 Å². The Morgan fingerprint density at radius 3 is 2.82 bits per heavy atom. The third kappa shape index (κ3) is 7.29. The fourth-order valence-corrected chi connectivity index (χ4v) is 0.565. The topological polar surface area (TPSA) is 47.6 Å². The average Bonchev–Trinajstić information content (AvgIpc) is 2.04. The Balaban J connectivity index is 2.95. The molecular weight excluding hydrogens is 146 g/mol. The van der Waals surface area contributed by atoms with Gasteiger partial charge in [0.25, 0.3) is 0 Å². The van der Waals surface area contributed by atoms with Crippen molar-refractivity contribution in [3.05, 3.63) is 0 Å². The minimum atomic E-state index is -0.325. The molecule has 0 amide bonds. The van der Waals surface area contributed by atoms with Gasteiger partial charge in [-0.05, 0) is 20.0 Å². The Morgan fingerprint density at radius 1 is 1.55 bits per heavy atom. The zero-order chi connectivity index (χ0) is 8.53. The van der Waals surface area contributed by atoms with E-state index in [0.29, 0.717) is 6.61 Å². The lowest BCUT2D eigenvalue weighted by Gasteiger charge is -2.01. The van der Waals surface area contributed by atoms with Crippen molar-refractivity contribution in [2.45, 2.75) is 6.42 Å². The molecule has 0 heterocycles. The summed E-state index contributed by atoms with van der Waals surface area (Å²) in [5, 5.41) is 2.97. The molecule has 0 saturated heterocycles. The van der Waals surface area contributed by atoms with Crippen LogP contribution in [0.4, 0.5) is 0 Å². The van der Waals surface area contributed by atoms with Gasteiger partial charge in [0, 0.05) is 6.61 Å². The SMILES string of the molecule is CNCCCOCC(=O)OC. The van der Waals surface area contributed by atoms with E-state index in [0.717, 1.165) is 13.0 Å². The molecule has 0 bridgehead atoms. The van der Waals surface area contributed by atoms with Crippen LogP contribution in [0.3, 0.4) is 0 Å². The number of methoxy groups -OCH3 is 1. The van der Waals surface area contributed by atoms with Crippen LogP contribution in [0.5, 0.6) is 0 Å². The van der Waals surface area contributed by atoms with Crippen molar-refractivity contribution in [2.24, 2.45) is 0 Å². The van der Waals surface area contributed by atoms with Gasteiger partial charge in [-0.15, -0.1) is 0 Å². The number of rotatable bonds is 6. The van der Waals surface area contributed by atoms with Crippen LogP contribution in [0.2, 0.25) is 0 Å². The summed E-state index contributed by atoms with van der Waals surface area (Å²) in [6.45, 7) is 1.55. The van der Waals surface area contributed by atoms with Gasteiger partial charge in [-0.1, -0.05) is 0 Å². The molecule has 1 N–H and O–H groups in total. The zero-order valence-electron chi connectivity index (χ0n) is 7.05. The smallest absolute Gasteiger partial charge is 0.331 e. The maximum absolute atomic E-state index is 10.5. The molecule has 4 heteroatoms. The van der Waals surface area contributed by atoms with Crippen molar-refractivity contribution >= 4 is 5.97 Å². The molecule has 0 aromatic carbocycles. The minimum absolute atomic E-state index is 0.0558. The lowest BCUT2D eigenvalue weighted by atomic mass is 10.4. The Kier molecular flexibility index (Phi) is 7.08. The zero-order valence-corrected chi connectivity index (χ0v) is 7.05. The molecule has 0 fully saturated rings. The first-order valence-corrected chi connectivity index (χ1v) is 3.60. The molecule has 0 aliphatic carbocycles. The predicted octanol–water partition coefficient (Wildman–Crippen LogP) is -0.215. The van der Waals surface area contributed by atoms with Gasteiger partial charge in [-0.3, -0.25) is 0 Å². The predicted molar refractivity (Wildman–Crippen MR) is 41.4 cm³/mol. The molecule has 0 radical (unpaired) electrons. The molecule has 0 atom stereocenters. The molecule has 0 aromatic heterocycles. The molecule has 0 aromatic rings. The van der Waals surface area contributed by atoms with Gasteiger partial charge in [-0.25, -0.2) is 4.79 Å². The maximum Gasteiger partial charge on any atom is 0.331 e. The van der Waals surface area contributed by atoms with Gasteiger partial charge in [-0.2, -0.15) is 0 Å². The fourth-order valence-electron chi connectivity index (χ4n) is 0.565. The number of esters is 1. The summed E-state index contributed by atoms with van der Waals surface area (Å²) < 4.78 is 9.35. The molecule has 0 rings (SSSR count). The minimum Gasteiger partial charge on any atom is -0.467 e. The normalized spacial score (nSPS) is 9.64. The quantitative estimate of drug-likeness (QED) is 0.432. The van der Waals surface area contributed by atoms with E-state index < -0.39 is 0 Å². The molecule has 0 spiro atoms. The van der Waals surface area contributed by atoms with Gasteiger partial charge >= 0.3 is 5.97 Å². The Hall–Kier alpha value is -0.610. The standard InChI is InChI=1S/C7H15NO3/c1-8-4-3-5-11-6-7(9)10-2/h8H,3-6H2,1-2H3. The first-order valence-electron chi connectivity index (χ1n) is 3.60. The van der Waals surface area contributed by atoms with Crippen molar-refractivity contribution in [1.29, 1.82) is 0 Å². The molecule has 0 aliphatic heterocycles. The van der Waals surface area contributed by atoms with Gasteiger partial charge in [0.2, 0.25) is 0 Å². The molecule has 4 nitrogen and oxygen atoms in total. The van der Waals surface area contributed by atoms with E-state index in [1.807, 2.05) is 7.05 Å². The lowest BCUT2D eigenvalue weighted by molar-refractivity contribution is -0.145. The summed E-state index contributed by atoms with van der Waals surface area (Å²) in [6, 6.07) is 0. The van der Waals surface area contributed by atoms with Crippen LogP contribution in [-0.4, -0.2) is 39.9 Å². The van der Waals surface area contributed by atoms with Gasteiger partial charge in [0.15, 0.2) is 0 Å². The van der Waals surface area contributed by atoms with E-state index in [4.69, 9.17) is 4.74 Å². The molecule has 66 valence electrons. The van der Waals surface area contributed by atoms with E-state index in [1.54, 1.807) is 0 Å². The first kappa shape index (κ1) is 10.4. The third-order valence-electron chi connectivity index (χ3n) is 1.16. The summed E-state index contributed by atoms with van der Waals surface area (Å²) in [6.07, 6.45) is 0.910. The molecule has 0 saturated carbocycles. The van der Waals surface area contributed by atoms with Crippen molar-refractivity contribution in [3.8, 4) is 0 Å². The van der Waals surface area contributed by atoms with Crippen LogP contribution in [-0.2, 0) is 14.3 Å². The summed E-state index contributed by atoms with van der Waals surface area (Å²) in [5.74, 6) is -0.325. The summed E-state index contributed by atoms with van der Waals surface area (Å²) in [7, 11) is 3.22. The highest BCUT2D eigenvalue weighted by atomic mass is 16.6. The monoisotopic (exact) mass is 161 g/mol. The van der Waals surface area contributed by atoms with E-state index >= 15 is 0 Å². The summed E-state index contributed by atoms with van der Waals surface area (Å²) in [4.78, 5) is 10.5. The van der Waals surface area contributed by atoms with Crippen LogP contribution >= 0.6 is 0 Å². The Bertz CT molecular complexity index is 106. The number of ether oxygens (including phenoxy) is 2. The number of carbonyl (C=O) groups is 1. The number of nitrogens with one attached hydrogen (secondary N) is 1. The molecule has 0 aliphatic rings. The van der Waals surface area contributed by atoms with E-state index in [9.17, 15) is 4.79 Å². The largest absolute Gasteiger partial charge is 0.467 e. The highest BCUT2D eigenvalue weighted by molar-refractivity contribution is 5.70. The number of hydrogen-bond acceptors (Lipinski definition) is 4. The van der Waals surface area contributed by atoms with Crippen molar-refractivity contribution in [1.82, 2.24) is 5.32 Å². The van der Waals surface area contributed by atoms with Crippen LogP contribution in [0.15, 0.2) is 0 Å². The van der Waals surface area contributed by atoms with Crippen LogP contribution < -0.4 is 5.32 Å². The van der Waals surface area contributed by atoms with Crippen molar-refractivity contribution < 1.29 is 14.3 Å². The van der Waals surface area contributed by atoms with Crippen molar-refractivity contribution in [3.63, 3.8) is 0 Å². The van der Waals surface area contributed by atoms with Crippen LogP contribution in [0, 0.1) is 0 Å². The van der Waals surface area contributed by atoms with E-state index in [2.05, 4.69) is 10.1 Å². The second kappa shape index (κ2) is 7.50. The Labute approximate surface area is 66.9 Å². The van der Waals surface area contributed by atoms with Crippen LogP contribution in [0.1, 0.15) is 6.42 Å². The Morgan fingerprint density at radius 2 is 2.27 bits per heavy atom. The lowest BCUT2D eigenvalue weighted by Crippen LogP contribution is -2.14. The number of carbonyl (C=O) groups excluding carboxylic acids is 1. The molecule has 11 heavy (non-hydrogen) atoms. The highest BCUT2D eigenvalue weighted by Crippen LogP contribution is 1.82. The van der Waals surface area contributed by atoms with Gasteiger partial charge in [0.05, 0.1) is 7.11 Å². The summed E-state index contributed by atoms with van der Waals surface area (Å²) >= 11 is 0. The fraction of sp³-hybridized carbons (Fsp3) is 0.857. The molecular formula is C7H15NO3. The first-order chi connectivity index (χ1) is 5.31. The average molecular weight is 161 g/mol. The van der Waals surface area contributed by atoms with Gasteiger partial charge in [0.1, 0.15) is 6.61 Å². The van der Waals surface area contributed by atoms with Gasteiger partial charge < -0.3 is 14.8 Å². The van der Waals surface area contributed by atoms with E-state index in [-0.39, 0.29) is 12.6 Å². The second-order valence-corrected chi connectivity index (χ2v) is 2.09. The third-order valence-corrected chi connectivity index (χ3v) is 1.16. The molecule has 0 unspecified atom stereocenters. The summed E-state index contributed by atoms with van der Waals surface area (Å²) in [5.41, 5.74) is 0.